The Labute approximate surface area is 127 Å². The Morgan fingerprint density at radius 1 is 1.42 bits per heavy atom. The van der Waals surface area contributed by atoms with Gasteiger partial charge in [-0.25, -0.2) is 4.39 Å². The van der Waals surface area contributed by atoms with E-state index in [0.29, 0.717) is 16.9 Å². The predicted octanol–water partition coefficient (Wildman–Crippen LogP) is 4.46. The van der Waals surface area contributed by atoms with Crippen molar-refractivity contribution in [3.8, 4) is 0 Å². The summed E-state index contributed by atoms with van der Waals surface area (Å²) in [5.74, 6) is -0.474. The van der Waals surface area contributed by atoms with Crippen molar-refractivity contribution in [2.24, 2.45) is 0 Å². The van der Waals surface area contributed by atoms with Crippen molar-refractivity contribution in [1.82, 2.24) is 4.90 Å². The maximum absolute atomic E-state index is 13.9. The lowest BCUT2D eigenvalue weighted by Crippen LogP contribution is -2.41. The molecule has 106 valence electrons. The minimum Gasteiger partial charge on any atom is -0.334 e. The lowest BCUT2D eigenvalue weighted by atomic mass is 10.1. The number of hydrogen-bond donors (Lipinski definition) is 0. The number of carbonyl (C=O) groups is 1. The molecule has 0 fully saturated rings. The minimum atomic E-state index is -0.509. The van der Waals surface area contributed by atoms with E-state index in [4.69, 9.17) is 11.6 Å². The van der Waals surface area contributed by atoms with Gasteiger partial charge in [-0.1, -0.05) is 19.9 Å². The van der Waals surface area contributed by atoms with Crippen LogP contribution in [0.5, 0.6) is 0 Å². The van der Waals surface area contributed by atoms with Crippen LogP contribution in [0.1, 0.15) is 37.0 Å². The Bertz CT molecular complexity index is 417. The first-order chi connectivity index (χ1) is 9.06. The van der Waals surface area contributed by atoms with Crippen molar-refractivity contribution in [1.29, 1.82) is 0 Å². The summed E-state index contributed by atoms with van der Waals surface area (Å²) in [6.45, 7) is 4.45. The van der Waals surface area contributed by atoms with Crippen molar-refractivity contribution >= 4 is 33.4 Å². The van der Waals surface area contributed by atoms with Crippen LogP contribution in [-0.4, -0.2) is 29.3 Å². The van der Waals surface area contributed by atoms with E-state index in [1.165, 1.54) is 6.07 Å². The molecule has 0 aliphatic rings. The topological polar surface area (TPSA) is 20.3 Å². The second-order valence-electron chi connectivity index (χ2n) is 4.25. The molecule has 0 unspecified atom stereocenters. The van der Waals surface area contributed by atoms with Crippen LogP contribution in [0, 0.1) is 5.82 Å². The number of hydrogen-bond acceptors (Lipinski definition) is 1. The van der Waals surface area contributed by atoms with E-state index in [2.05, 4.69) is 15.9 Å². The van der Waals surface area contributed by atoms with E-state index >= 15 is 0 Å². The van der Waals surface area contributed by atoms with Crippen LogP contribution in [0.2, 0.25) is 0 Å². The standard InChI is InChI=1S/C14H18BrClFNO/c1-3-10(4-2)18(9-8-16)14(19)13-11(15)6-5-7-12(13)17/h5-7,10H,3-4,8-9H2,1-2H3. The van der Waals surface area contributed by atoms with Crippen molar-refractivity contribution < 1.29 is 9.18 Å². The Balaban J connectivity index is 3.12. The number of carbonyl (C=O) groups excluding carboxylic acids is 1. The summed E-state index contributed by atoms with van der Waals surface area (Å²) in [4.78, 5) is 14.2. The van der Waals surface area contributed by atoms with Crippen molar-refractivity contribution in [2.45, 2.75) is 32.7 Å². The maximum Gasteiger partial charge on any atom is 0.258 e. The molecule has 0 heterocycles. The Morgan fingerprint density at radius 2 is 2.05 bits per heavy atom. The summed E-state index contributed by atoms with van der Waals surface area (Å²) >= 11 is 9.01. The second kappa shape index (κ2) is 7.85. The maximum atomic E-state index is 13.9. The number of amides is 1. The fraction of sp³-hybridized carbons (Fsp3) is 0.500. The minimum absolute atomic E-state index is 0.0813. The largest absolute Gasteiger partial charge is 0.334 e. The molecule has 1 amide bonds. The smallest absolute Gasteiger partial charge is 0.258 e. The third-order valence-corrected chi connectivity index (χ3v) is 3.98. The van der Waals surface area contributed by atoms with Gasteiger partial charge in [-0.05, 0) is 40.9 Å². The number of nitrogens with zero attached hydrogens (tertiary/aromatic N) is 1. The lowest BCUT2D eigenvalue weighted by Gasteiger charge is -2.30. The van der Waals surface area contributed by atoms with Crippen LogP contribution in [0.25, 0.3) is 0 Å². The summed E-state index contributed by atoms with van der Waals surface area (Å²) < 4.78 is 14.3. The number of rotatable bonds is 6. The van der Waals surface area contributed by atoms with E-state index in [1.54, 1.807) is 17.0 Å². The van der Waals surface area contributed by atoms with Crippen LogP contribution < -0.4 is 0 Å². The van der Waals surface area contributed by atoms with Gasteiger partial charge in [-0.15, -0.1) is 11.6 Å². The highest BCUT2D eigenvalue weighted by Gasteiger charge is 2.25. The fourth-order valence-electron chi connectivity index (χ4n) is 2.12. The van der Waals surface area contributed by atoms with E-state index in [0.717, 1.165) is 12.8 Å². The molecule has 0 atom stereocenters. The Morgan fingerprint density at radius 3 is 2.53 bits per heavy atom. The molecule has 0 spiro atoms. The lowest BCUT2D eigenvalue weighted by molar-refractivity contribution is 0.0676. The summed E-state index contributed by atoms with van der Waals surface area (Å²) in [6.07, 6.45) is 1.65. The van der Waals surface area contributed by atoms with Gasteiger partial charge in [0.25, 0.3) is 5.91 Å². The highest BCUT2D eigenvalue weighted by Crippen LogP contribution is 2.23. The van der Waals surface area contributed by atoms with Crippen molar-refractivity contribution in [2.75, 3.05) is 12.4 Å². The van der Waals surface area contributed by atoms with E-state index in [9.17, 15) is 9.18 Å². The highest BCUT2D eigenvalue weighted by atomic mass is 79.9. The monoisotopic (exact) mass is 349 g/mol. The van der Waals surface area contributed by atoms with Gasteiger partial charge in [0.1, 0.15) is 5.82 Å². The molecule has 0 bridgehead atoms. The molecule has 19 heavy (non-hydrogen) atoms. The zero-order chi connectivity index (χ0) is 14.4. The van der Waals surface area contributed by atoms with Crippen LogP contribution in [0.15, 0.2) is 22.7 Å². The average Bonchev–Trinajstić information content (AvgIpc) is 2.38. The zero-order valence-corrected chi connectivity index (χ0v) is 13.5. The van der Waals surface area contributed by atoms with Crippen molar-refractivity contribution in [3.05, 3.63) is 34.1 Å². The first-order valence-electron chi connectivity index (χ1n) is 6.37. The molecule has 1 aromatic rings. The molecular weight excluding hydrogens is 333 g/mol. The molecular formula is C14H18BrClFNO. The van der Waals surface area contributed by atoms with Gasteiger partial charge in [0.2, 0.25) is 0 Å². The molecule has 0 aromatic heterocycles. The molecule has 0 N–H and O–H groups in total. The quantitative estimate of drug-likeness (QED) is 0.694. The van der Waals surface area contributed by atoms with Crippen LogP contribution in [0.3, 0.4) is 0 Å². The zero-order valence-electron chi connectivity index (χ0n) is 11.1. The third kappa shape index (κ3) is 3.93. The van der Waals surface area contributed by atoms with Gasteiger partial charge >= 0.3 is 0 Å². The summed E-state index contributed by atoms with van der Waals surface area (Å²) in [6, 6.07) is 4.61. The van der Waals surface area contributed by atoms with Gasteiger partial charge < -0.3 is 4.90 Å². The number of alkyl halides is 1. The van der Waals surface area contributed by atoms with Gasteiger partial charge in [0.05, 0.1) is 5.56 Å². The molecule has 0 aliphatic heterocycles. The van der Waals surface area contributed by atoms with E-state index < -0.39 is 5.82 Å². The fourth-order valence-corrected chi connectivity index (χ4v) is 2.81. The molecule has 0 saturated carbocycles. The van der Waals surface area contributed by atoms with E-state index in [1.807, 2.05) is 13.8 Å². The average molecular weight is 351 g/mol. The van der Waals surface area contributed by atoms with Gasteiger partial charge in [-0.3, -0.25) is 4.79 Å². The van der Waals surface area contributed by atoms with Crippen molar-refractivity contribution in [3.63, 3.8) is 0 Å². The SMILES string of the molecule is CCC(CC)N(CCCl)C(=O)c1c(F)cccc1Br. The molecule has 0 saturated heterocycles. The summed E-state index contributed by atoms with van der Waals surface area (Å²) in [5, 5.41) is 0. The highest BCUT2D eigenvalue weighted by molar-refractivity contribution is 9.10. The Kier molecular flexibility index (Phi) is 6.80. The summed E-state index contributed by atoms with van der Waals surface area (Å²) in [7, 11) is 0. The molecule has 1 rings (SSSR count). The molecule has 2 nitrogen and oxygen atoms in total. The van der Waals surface area contributed by atoms with Crippen LogP contribution >= 0.6 is 27.5 Å². The molecule has 0 radical (unpaired) electrons. The first-order valence-corrected chi connectivity index (χ1v) is 7.70. The molecule has 0 aliphatic carbocycles. The van der Waals surface area contributed by atoms with Gasteiger partial charge in [0, 0.05) is 22.9 Å². The van der Waals surface area contributed by atoms with E-state index in [-0.39, 0.29) is 17.5 Å². The van der Waals surface area contributed by atoms with Gasteiger partial charge in [0.15, 0.2) is 0 Å². The molecule has 1 aromatic carbocycles. The predicted molar refractivity (Wildman–Crippen MR) is 80.2 cm³/mol. The third-order valence-electron chi connectivity index (χ3n) is 3.15. The first kappa shape index (κ1) is 16.4. The Hall–Kier alpha value is -0.610. The second-order valence-corrected chi connectivity index (χ2v) is 5.49. The molecule has 5 heteroatoms. The number of halogens is 3. The van der Waals surface area contributed by atoms with Crippen LogP contribution in [0.4, 0.5) is 4.39 Å². The normalized spacial score (nSPS) is 10.8. The number of benzene rings is 1. The summed E-state index contributed by atoms with van der Waals surface area (Å²) in [5.41, 5.74) is 0.0829. The van der Waals surface area contributed by atoms with Gasteiger partial charge in [-0.2, -0.15) is 0 Å². The van der Waals surface area contributed by atoms with Crippen LogP contribution in [-0.2, 0) is 0 Å².